The molecule has 0 bridgehead atoms. The van der Waals surface area contributed by atoms with Crippen molar-refractivity contribution in [3.8, 4) is 0 Å². The number of benzene rings is 1. The second-order valence-electron chi connectivity index (χ2n) is 6.42. The summed E-state index contributed by atoms with van der Waals surface area (Å²) in [4.78, 5) is 12.0. The van der Waals surface area contributed by atoms with Crippen molar-refractivity contribution in [1.29, 1.82) is 0 Å². The number of carbonyl (C=O) groups excluding carboxylic acids is 1. The third kappa shape index (κ3) is 6.17. The summed E-state index contributed by atoms with van der Waals surface area (Å²) in [5.41, 5.74) is 0.721. The number of hydrogen-bond acceptors (Lipinski definition) is 3. The van der Waals surface area contributed by atoms with Gasteiger partial charge in [-0.2, -0.15) is 0 Å². The summed E-state index contributed by atoms with van der Waals surface area (Å²) in [7, 11) is -3.47. The highest BCUT2D eigenvalue weighted by Gasteiger charge is 2.19. The van der Waals surface area contributed by atoms with Crippen LogP contribution in [0.1, 0.15) is 38.5 Å². The molecule has 144 valence electrons. The molecule has 0 fully saturated rings. The first-order valence-electron chi connectivity index (χ1n) is 8.64. The molecule has 0 atom stereocenters. The predicted molar refractivity (Wildman–Crippen MR) is 97.2 cm³/mol. The standard InChI is InChI=1S/C18H24F2N2O3S/c1-26(24,25)22(12-10-14-6-3-2-4-7-14)13-11-17(23)21-18-15(19)8-5-9-16(18)20/h5-6,8-9H,2-4,7,10-13H2,1H3,(H,21,23). The van der Waals surface area contributed by atoms with E-state index in [9.17, 15) is 22.0 Å². The van der Waals surface area contributed by atoms with Crippen LogP contribution in [0.5, 0.6) is 0 Å². The number of allylic oxidation sites excluding steroid dienone is 1. The maximum absolute atomic E-state index is 13.6. The number of rotatable bonds is 8. The molecular weight excluding hydrogens is 362 g/mol. The second kappa shape index (κ2) is 9.23. The fourth-order valence-corrected chi connectivity index (χ4v) is 3.73. The van der Waals surface area contributed by atoms with Gasteiger partial charge in [-0.25, -0.2) is 21.5 Å². The van der Waals surface area contributed by atoms with Gasteiger partial charge in [0.15, 0.2) is 0 Å². The van der Waals surface area contributed by atoms with Crippen LogP contribution in [-0.2, 0) is 14.8 Å². The quantitative estimate of drug-likeness (QED) is 0.696. The number of anilines is 1. The Labute approximate surface area is 153 Å². The fourth-order valence-electron chi connectivity index (χ4n) is 2.89. The van der Waals surface area contributed by atoms with E-state index in [0.717, 1.165) is 44.1 Å². The van der Waals surface area contributed by atoms with E-state index in [-0.39, 0.29) is 13.0 Å². The van der Waals surface area contributed by atoms with Gasteiger partial charge in [-0.3, -0.25) is 4.79 Å². The molecule has 1 amide bonds. The molecule has 26 heavy (non-hydrogen) atoms. The molecule has 5 nitrogen and oxygen atoms in total. The van der Waals surface area contributed by atoms with Crippen molar-refractivity contribution in [1.82, 2.24) is 4.31 Å². The zero-order valence-corrected chi connectivity index (χ0v) is 15.6. The minimum atomic E-state index is -3.47. The zero-order chi connectivity index (χ0) is 19.2. The Balaban J connectivity index is 1.92. The number of nitrogens with one attached hydrogen (secondary N) is 1. The first kappa shape index (κ1) is 20.5. The minimum Gasteiger partial charge on any atom is -0.321 e. The van der Waals surface area contributed by atoms with Gasteiger partial charge in [-0.05, 0) is 44.2 Å². The minimum absolute atomic E-state index is 0.0337. The van der Waals surface area contributed by atoms with Crippen LogP contribution in [0.3, 0.4) is 0 Å². The maximum atomic E-state index is 13.6. The molecule has 0 aliphatic heterocycles. The topological polar surface area (TPSA) is 66.5 Å². The van der Waals surface area contributed by atoms with Crippen molar-refractivity contribution in [2.75, 3.05) is 24.7 Å². The molecule has 1 aromatic carbocycles. The lowest BCUT2D eigenvalue weighted by molar-refractivity contribution is -0.116. The summed E-state index contributed by atoms with van der Waals surface area (Å²) < 4.78 is 52.2. The Morgan fingerprint density at radius 3 is 2.46 bits per heavy atom. The lowest BCUT2D eigenvalue weighted by atomic mass is 9.97. The molecule has 0 spiro atoms. The number of carbonyl (C=O) groups is 1. The maximum Gasteiger partial charge on any atom is 0.225 e. The first-order chi connectivity index (χ1) is 12.3. The average molecular weight is 386 g/mol. The highest BCUT2D eigenvalue weighted by Crippen LogP contribution is 2.21. The third-order valence-electron chi connectivity index (χ3n) is 4.35. The monoisotopic (exact) mass is 386 g/mol. The van der Waals surface area contributed by atoms with Gasteiger partial charge < -0.3 is 5.32 Å². The van der Waals surface area contributed by atoms with Gasteiger partial charge in [0, 0.05) is 19.5 Å². The Morgan fingerprint density at radius 1 is 1.19 bits per heavy atom. The van der Waals surface area contributed by atoms with E-state index in [4.69, 9.17) is 0 Å². The molecule has 8 heteroatoms. The van der Waals surface area contributed by atoms with E-state index in [1.54, 1.807) is 0 Å². The average Bonchev–Trinajstić information content (AvgIpc) is 2.58. The van der Waals surface area contributed by atoms with E-state index in [1.165, 1.54) is 15.9 Å². The number of hydrogen-bond donors (Lipinski definition) is 1. The lowest BCUT2D eigenvalue weighted by Gasteiger charge is -2.21. The summed E-state index contributed by atoms with van der Waals surface area (Å²) in [6.07, 6.45) is 7.97. The van der Waals surface area contributed by atoms with Gasteiger partial charge in [0.05, 0.1) is 6.26 Å². The molecule has 1 aromatic rings. The SMILES string of the molecule is CS(=O)(=O)N(CCC(=O)Nc1c(F)cccc1F)CCC1=CCCCC1. The van der Waals surface area contributed by atoms with Crippen molar-refractivity contribution >= 4 is 21.6 Å². The van der Waals surface area contributed by atoms with Crippen LogP contribution in [0.4, 0.5) is 14.5 Å². The van der Waals surface area contributed by atoms with Crippen molar-refractivity contribution in [2.45, 2.75) is 38.5 Å². The largest absolute Gasteiger partial charge is 0.321 e. The highest BCUT2D eigenvalue weighted by molar-refractivity contribution is 7.88. The lowest BCUT2D eigenvalue weighted by Crippen LogP contribution is -2.34. The van der Waals surface area contributed by atoms with Gasteiger partial charge in [0.1, 0.15) is 17.3 Å². The normalized spacial score (nSPS) is 15.0. The van der Waals surface area contributed by atoms with Gasteiger partial charge >= 0.3 is 0 Å². The number of para-hydroxylation sites is 1. The molecule has 0 heterocycles. The molecule has 0 aromatic heterocycles. The molecule has 1 aliphatic carbocycles. The summed E-state index contributed by atoms with van der Waals surface area (Å²) in [6.45, 7) is 0.264. The third-order valence-corrected chi connectivity index (χ3v) is 5.65. The zero-order valence-electron chi connectivity index (χ0n) is 14.8. The van der Waals surface area contributed by atoms with Crippen LogP contribution in [0.25, 0.3) is 0 Å². The molecular formula is C18H24F2N2O3S. The molecule has 1 aliphatic rings. The Kier molecular flexibility index (Phi) is 7.28. The van der Waals surface area contributed by atoms with Crippen LogP contribution < -0.4 is 5.32 Å². The first-order valence-corrected chi connectivity index (χ1v) is 10.5. The van der Waals surface area contributed by atoms with Crippen LogP contribution in [0.15, 0.2) is 29.8 Å². The Morgan fingerprint density at radius 2 is 1.88 bits per heavy atom. The number of sulfonamides is 1. The predicted octanol–water partition coefficient (Wildman–Crippen LogP) is 3.45. The molecule has 0 saturated heterocycles. The number of nitrogens with zero attached hydrogens (tertiary/aromatic N) is 1. The number of halogens is 2. The Hall–Kier alpha value is -1.80. The van der Waals surface area contributed by atoms with Gasteiger partial charge in [-0.15, -0.1) is 0 Å². The molecule has 0 radical (unpaired) electrons. The van der Waals surface area contributed by atoms with Gasteiger partial charge in [-0.1, -0.05) is 17.7 Å². The van der Waals surface area contributed by atoms with Crippen LogP contribution in [0.2, 0.25) is 0 Å². The smallest absolute Gasteiger partial charge is 0.225 e. The second-order valence-corrected chi connectivity index (χ2v) is 8.40. The number of amides is 1. The molecule has 2 rings (SSSR count). The summed E-state index contributed by atoms with van der Waals surface area (Å²) in [5.74, 6) is -2.38. The van der Waals surface area contributed by atoms with Gasteiger partial charge in [0.2, 0.25) is 15.9 Å². The molecule has 0 unspecified atom stereocenters. The molecule has 1 N–H and O–H groups in total. The Bertz CT molecular complexity index is 758. The molecule has 0 saturated carbocycles. The van der Waals surface area contributed by atoms with Crippen molar-refractivity contribution < 1.29 is 22.0 Å². The van der Waals surface area contributed by atoms with Gasteiger partial charge in [0.25, 0.3) is 0 Å². The summed E-state index contributed by atoms with van der Waals surface area (Å²) in [6, 6.07) is 3.28. The van der Waals surface area contributed by atoms with E-state index in [2.05, 4.69) is 11.4 Å². The van der Waals surface area contributed by atoms with E-state index >= 15 is 0 Å². The van der Waals surface area contributed by atoms with Crippen molar-refractivity contribution in [2.24, 2.45) is 0 Å². The van der Waals surface area contributed by atoms with Crippen LogP contribution >= 0.6 is 0 Å². The van der Waals surface area contributed by atoms with Crippen molar-refractivity contribution in [3.63, 3.8) is 0 Å². The van der Waals surface area contributed by atoms with Crippen LogP contribution in [0, 0.1) is 11.6 Å². The van der Waals surface area contributed by atoms with Crippen LogP contribution in [-0.4, -0.2) is 38.0 Å². The van der Waals surface area contributed by atoms with Crippen molar-refractivity contribution in [3.05, 3.63) is 41.5 Å². The highest BCUT2D eigenvalue weighted by atomic mass is 32.2. The summed E-state index contributed by atoms with van der Waals surface area (Å²) in [5, 5.41) is 2.17. The van der Waals surface area contributed by atoms with E-state index in [0.29, 0.717) is 13.0 Å². The van der Waals surface area contributed by atoms with E-state index < -0.39 is 33.3 Å². The van der Waals surface area contributed by atoms with E-state index in [1.807, 2.05) is 0 Å². The summed E-state index contributed by atoms with van der Waals surface area (Å²) >= 11 is 0. The fraction of sp³-hybridized carbons (Fsp3) is 0.500.